The van der Waals surface area contributed by atoms with E-state index >= 15 is 0 Å². The van der Waals surface area contributed by atoms with Crippen molar-refractivity contribution in [1.82, 2.24) is 4.98 Å². The first-order chi connectivity index (χ1) is 7.39. The van der Waals surface area contributed by atoms with E-state index in [0.29, 0.717) is 4.47 Å². The molecule has 0 aliphatic heterocycles. The summed E-state index contributed by atoms with van der Waals surface area (Å²) in [5, 5.41) is 0. The Morgan fingerprint density at radius 2 is 2.19 bits per heavy atom. The van der Waals surface area contributed by atoms with Gasteiger partial charge in [0, 0.05) is 10.7 Å². The lowest BCUT2D eigenvalue weighted by Gasteiger charge is -2.26. The summed E-state index contributed by atoms with van der Waals surface area (Å²) in [5.41, 5.74) is -2.39. The molecule has 1 aromatic heterocycles. The number of hydrogen-bond donors (Lipinski definition) is 0. The zero-order valence-electron chi connectivity index (χ0n) is 8.18. The highest BCUT2D eigenvalue weighted by molar-refractivity contribution is 9.10. The van der Waals surface area contributed by atoms with Gasteiger partial charge in [0.1, 0.15) is 6.67 Å². The SMILES string of the molecule is CC(CF)(Oc1ncc(Br)cc1F)C(F)F. The predicted molar refractivity (Wildman–Crippen MR) is 52.9 cm³/mol. The van der Waals surface area contributed by atoms with Gasteiger partial charge in [0.15, 0.2) is 11.4 Å². The van der Waals surface area contributed by atoms with Crippen LogP contribution in [0.1, 0.15) is 6.92 Å². The Bertz CT molecular complexity index is 377. The van der Waals surface area contributed by atoms with Crippen LogP contribution in [0, 0.1) is 5.82 Å². The van der Waals surface area contributed by atoms with Crippen LogP contribution < -0.4 is 4.74 Å². The Morgan fingerprint density at radius 1 is 1.56 bits per heavy atom. The molecule has 16 heavy (non-hydrogen) atoms. The molecule has 0 aliphatic carbocycles. The second kappa shape index (κ2) is 4.99. The van der Waals surface area contributed by atoms with Gasteiger partial charge in [-0.1, -0.05) is 0 Å². The van der Waals surface area contributed by atoms with Gasteiger partial charge in [-0.25, -0.2) is 22.5 Å². The zero-order valence-corrected chi connectivity index (χ0v) is 9.77. The van der Waals surface area contributed by atoms with Crippen molar-refractivity contribution in [3.8, 4) is 5.88 Å². The van der Waals surface area contributed by atoms with E-state index in [1.165, 1.54) is 6.20 Å². The van der Waals surface area contributed by atoms with Crippen molar-refractivity contribution in [2.24, 2.45) is 0 Å². The number of alkyl halides is 3. The highest BCUT2D eigenvalue weighted by Gasteiger charge is 2.39. The molecule has 1 aromatic rings. The van der Waals surface area contributed by atoms with E-state index in [1.54, 1.807) is 0 Å². The fourth-order valence-electron chi connectivity index (χ4n) is 0.828. The first kappa shape index (κ1) is 13.2. The Hall–Kier alpha value is -0.850. The smallest absolute Gasteiger partial charge is 0.279 e. The summed E-state index contributed by atoms with van der Waals surface area (Å²) in [6.07, 6.45) is -1.91. The number of halogens is 5. The van der Waals surface area contributed by atoms with Gasteiger partial charge in [0.2, 0.25) is 0 Å². The lowest BCUT2D eigenvalue weighted by Crippen LogP contribution is -2.43. The fraction of sp³-hybridized carbons (Fsp3) is 0.444. The monoisotopic (exact) mass is 301 g/mol. The van der Waals surface area contributed by atoms with E-state index in [-0.39, 0.29) is 0 Å². The molecule has 0 aliphatic rings. The van der Waals surface area contributed by atoms with Gasteiger partial charge < -0.3 is 4.74 Å². The van der Waals surface area contributed by atoms with Crippen molar-refractivity contribution in [2.45, 2.75) is 19.0 Å². The molecule has 1 atom stereocenters. The van der Waals surface area contributed by atoms with Crippen molar-refractivity contribution in [1.29, 1.82) is 0 Å². The average molecular weight is 302 g/mol. The standard InChI is InChI=1S/C9H8BrF4NO/c1-9(4-11,8(13)14)16-7-6(12)2-5(10)3-15-7/h2-3,8H,4H2,1H3. The van der Waals surface area contributed by atoms with Crippen LogP contribution in [0.15, 0.2) is 16.7 Å². The van der Waals surface area contributed by atoms with Crippen LogP contribution in [0.3, 0.4) is 0 Å². The first-order valence-corrected chi connectivity index (χ1v) is 5.02. The van der Waals surface area contributed by atoms with Crippen molar-refractivity contribution < 1.29 is 22.3 Å². The molecule has 0 spiro atoms. The molecule has 0 aromatic carbocycles. The molecular formula is C9H8BrF4NO. The molecule has 0 amide bonds. The van der Waals surface area contributed by atoms with Crippen LogP contribution in [-0.4, -0.2) is 23.7 Å². The van der Waals surface area contributed by atoms with Crippen LogP contribution in [0.2, 0.25) is 0 Å². The average Bonchev–Trinajstić information content (AvgIpc) is 2.22. The topological polar surface area (TPSA) is 22.1 Å². The van der Waals surface area contributed by atoms with Crippen LogP contribution >= 0.6 is 15.9 Å². The molecule has 0 fully saturated rings. The Morgan fingerprint density at radius 3 is 2.62 bits per heavy atom. The molecule has 90 valence electrons. The zero-order chi connectivity index (χ0) is 12.3. The van der Waals surface area contributed by atoms with Gasteiger partial charge in [0.05, 0.1) is 0 Å². The molecule has 0 saturated carbocycles. The maximum Gasteiger partial charge on any atom is 0.279 e. The number of pyridine rings is 1. The normalized spacial score (nSPS) is 14.9. The van der Waals surface area contributed by atoms with Gasteiger partial charge in [0.25, 0.3) is 12.3 Å². The summed E-state index contributed by atoms with van der Waals surface area (Å²) >= 11 is 2.94. The minimum absolute atomic E-state index is 0.330. The van der Waals surface area contributed by atoms with Gasteiger partial charge in [-0.2, -0.15) is 0 Å². The van der Waals surface area contributed by atoms with Crippen molar-refractivity contribution in [3.63, 3.8) is 0 Å². The van der Waals surface area contributed by atoms with Crippen LogP contribution in [0.4, 0.5) is 17.6 Å². The number of rotatable bonds is 4. The van der Waals surface area contributed by atoms with Gasteiger partial charge in [-0.15, -0.1) is 0 Å². The van der Waals surface area contributed by atoms with Gasteiger partial charge >= 0.3 is 0 Å². The molecule has 0 radical (unpaired) electrons. The Kier molecular flexibility index (Phi) is 4.12. The minimum Gasteiger partial charge on any atom is -0.460 e. The third-order valence-electron chi connectivity index (χ3n) is 1.83. The Labute approximate surface area is 97.8 Å². The second-order valence-corrected chi connectivity index (χ2v) is 4.21. The summed E-state index contributed by atoms with van der Waals surface area (Å²) in [5.74, 6) is -1.58. The van der Waals surface area contributed by atoms with Crippen LogP contribution in [-0.2, 0) is 0 Å². The van der Waals surface area contributed by atoms with E-state index in [1.807, 2.05) is 0 Å². The van der Waals surface area contributed by atoms with Crippen molar-refractivity contribution in [2.75, 3.05) is 6.67 Å². The summed E-state index contributed by atoms with van der Waals surface area (Å²) < 4.78 is 55.4. The quantitative estimate of drug-likeness (QED) is 0.796. The van der Waals surface area contributed by atoms with Gasteiger partial charge in [-0.05, 0) is 28.9 Å². The molecular weight excluding hydrogens is 294 g/mol. The van der Waals surface area contributed by atoms with Crippen LogP contribution in [0.5, 0.6) is 5.88 Å². The number of hydrogen-bond acceptors (Lipinski definition) is 2. The van der Waals surface area contributed by atoms with Crippen molar-refractivity contribution >= 4 is 15.9 Å². The highest BCUT2D eigenvalue weighted by atomic mass is 79.9. The molecule has 1 rings (SSSR count). The molecule has 2 nitrogen and oxygen atoms in total. The number of nitrogens with zero attached hydrogens (tertiary/aromatic N) is 1. The molecule has 0 N–H and O–H groups in total. The maximum atomic E-state index is 13.2. The molecule has 1 heterocycles. The predicted octanol–water partition coefficient (Wildman–Crippen LogP) is 3.36. The number of ether oxygens (including phenoxy) is 1. The summed E-state index contributed by atoms with van der Waals surface area (Å²) in [6.45, 7) is -0.595. The van der Waals surface area contributed by atoms with Gasteiger partial charge in [-0.3, -0.25) is 0 Å². The van der Waals surface area contributed by atoms with E-state index in [4.69, 9.17) is 0 Å². The third kappa shape index (κ3) is 2.84. The summed E-state index contributed by atoms with van der Waals surface area (Å²) in [7, 11) is 0. The van der Waals surface area contributed by atoms with E-state index < -0.39 is 30.4 Å². The van der Waals surface area contributed by atoms with Crippen LogP contribution in [0.25, 0.3) is 0 Å². The summed E-state index contributed by atoms with van der Waals surface area (Å²) in [4.78, 5) is 3.45. The Balaban J connectivity index is 2.95. The van der Waals surface area contributed by atoms with E-state index in [2.05, 4.69) is 25.7 Å². The fourth-order valence-corrected chi connectivity index (χ4v) is 1.13. The van der Waals surface area contributed by atoms with Crippen molar-refractivity contribution in [3.05, 3.63) is 22.6 Å². The molecule has 1 unspecified atom stereocenters. The second-order valence-electron chi connectivity index (χ2n) is 3.29. The minimum atomic E-state index is -3.08. The summed E-state index contributed by atoms with van der Waals surface area (Å²) in [6, 6.07) is 0.993. The molecule has 0 bridgehead atoms. The molecule has 0 saturated heterocycles. The largest absolute Gasteiger partial charge is 0.460 e. The highest BCUT2D eigenvalue weighted by Crippen LogP contribution is 2.26. The first-order valence-electron chi connectivity index (χ1n) is 4.23. The lowest BCUT2D eigenvalue weighted by atomic mass is 10.1. The maximum absolute atomic E-state index is 13.2. The van der Waals surface area contributed by atoms with E-state index in [0.717, 1.165) is 13.0 Å². The van der Waals surface area contributed by atoms with E-state index in [9.17, 15) is 17.6 Å². The molecule has 7 heteroatoms. The third-order valence-corrected chi connectivity index (χ3v) is 2.26. The number of aromatic nitrogens is 1. The lowest BCUT2D eigenvalue weighted by molar-refractivity contribution is -0.0803.